The summed E-state index contributed by atoms with van der Waals surface area (Å²) < 4.78 is 6.25. The molecule has 0 radical (unpaired) electrons. The molecule has 1 fully saturated rings. The van der Waals surface area contributed by atoms with Crippen LogP contribution in [0.4, 0.5) is 5.69 Å². The zero-order valence-corrected chi connectivity index (χ0v) is 21.6. The molecule has 1 saturated heterocycles. The third kappa shape index (κ3) is 6.55. The number of halogens is 2. The number of hydrogen-bond donors (Lipinski definition) is 3. The Balaban J connectivity index is 0.00000216. The van der Waals surface area contributed by atoms with Crippen molar-refractivity contribution in [2.45, 2.75) is 45.3 Å². The fraction of sp³-hybridized carbons (Fsp3) is 0.346. The molecule has 0 spiro atoms. The number of piperidine rings is 1. The average molecular weight is 518 g/mol. The Morgan fingerprint density at radius 3 is 2.43 bits per heavy atom. The number of ether oxygens (including phenoxy) is 1. The van der Waals surface area contributed by atoms with Gasteiger partial charge in [0.15, 0.2) is 0 Å². The van der Waals surface area contributed by atoms with Crippen molar-refractivity contribution in [3.8, 4) is 5.75 Å². The lowest BCUT2D eigenvalue weighted by molar-refractivity contribution is -0.116. The number of nitrogens with zero attached hydrogens (tertiary/aromatic N) is 2. The lowest BCUT2D eigenvalue weighted by Crippen LogP contribution is -2.40. The Labute approximate surface area is 219 Å². The minimum atomic E-state index is -0.0764. The van der Waals surface area contributed by atoms with Gasteiger partial charge in [-0.1, -0.05) is 30.4 Å². The smallest absolute Gasteiger partial charge is 0.224 e. The van der Waals surface area contributed by atoms with Crippen LogP contribution in [-0.2, 0) is 11.2 Å². The van der Waals surface area contributed by atoms with Gasteiger partial charge in [0.05, 0.1) is 11.9 Å². The minimum absolute atomic E-state index is 0. The van der Waals surface area contributed by atoms with E-state index in [1.807, 2.05) is 60.4 Å². The van der Waals surface area contributed by atoms with E-state index in [-0.39, 0.29) is 48.7 Å². The van der Waals surface area contributed by atoms with E-state index in [2.05, 4.69) is 11.0 Å². The van der Waals surface area contributed by atoms with E-state index in [1.54, 1.807) is 6.92 Å². The van der Waals surface area contributed by atoms with Gasteiger partial charge in [-0.25, -0.2) is 0 Å². The van der Waals surface area contributed by atoms with Gasteiger partial charge < -0.3 is 20.3 Å². The first kappa shape index (κ1) is 28.2. The van der Waals surface area contributed by atoms with Crippen LogP contribution in [0.2, 0.25) is 0 Å². The summed E-state index contributed by atoms with van der Waals surface area (Å²) in [4.78, 5) is 16.4. The molecule has 0 bridgehead atoms. The van der Waals surface area contributed by atoms with Gasteiger partial charge in [-0.05, 0) is 48.7 Å². The number of carbonyl (C=O) groups excluding carboxylic acids is 1. The SMILES string of the molecule is CC(=N)N1CCC(Oc2ccc3c(c2)CC(/C=C/c2cccc(C(=N)N)c2)N3C(C)=O)CC1.Cl.Cl. The Morgan fingerprint density at radius 1 is 1.09 bits per heavy atom. The number of likely N-dealkylation sites (tertiary alicyclic amines) is 1. The van der Waals surface area contributed by atoms with Crippen LogP contribution in [-0.4, -0.2) is 47.7 Å². The summed E-state index contributed by atoms with van der Waals surface area (Å²) >= 11 is 0. The number of amides is 1. The van der Waals surface area contributed by atoms with Crippen LogP contribution in [0.1, 0.15) is 43.4 Å². The maximum atomic E-state index is 12.5. The largest absolute Gasteiger partial charge is 0.490 e. The van der Waals surface area contributed by atoms with E-state index in [9.17, 15) is 4.79 Å². The molecule has 4 N–H and O–H groups in total. The fourth-order valence-corrected chi connectivity index (χ4v) is 4.62. The van der Waals surface area contributed by atoms with Crippen molar-refractivity contribution in [1.29, 1.82) is 10.8 Å². The Kier molecular flexibility index (Phi) is 9.74. The van der Waals surface area contributed by atoms with Gasteiger partial charge >= 0.3 is 0 Å². The van der Waals surface area contributed by atoms with Crippen LogP contribution >= 0.6 is 24.8 Å². The number of hydrogen-bond acceptors (Lipinski definition) is 4. The minimum Gasteiger partial charge on any atom is -0.490 e. The lowest BCUT2D eigenvalue weighted by atomic mass is 10.1. The molecule has 188 valence electrons. The molecule has 2 heterocycles. The standard InChI is InChI=1S/C26H31N5O2.2ClH/c1-17(27)30-12-10-23(11-13-30)33-24-8-9-25-21(16-24)15-22(31(25)18(2)32)7-6-19-4-3-5-20(14-19)26(28)29;;/h3-9,14,16,22-23,27H,10-13,15H2,1-2H3,(H3,28,29);2*1H/b7-6+,27-17?;;. The van der Waals surface area contributed by atoms with Crippen molar-refractivity contribution in [1.82, 2.24) is 4.90 Å². The molecular weight excluding hydrogens is 485 g/mol. The lowest BCUT2D eigenvalue weighted by Gasteiger charge is -2.32. The number of fused-ring (bicyclic) bond motifs is 1. The third-order valence-corrected chi connectivity index (χ3v) is 6.34. The molecule has 35 heavy (non-hydrogen) atoms. The van der Waals surface area contributed by atoms with Crippen LogP contribution in [0.15, 0.2) is 48.5 Å². The first-order chi connectivity index (χ1) is 15.8. The topological polar surface area (TPSA) is 106 Å². The molecule has 2 aromatic carbocycles. The predicted octanol–water partition coefficient (Wildman–Crippen LogP) is 4.65. The molecule has 2 aliphatic rings. The van der Waals surface area contributed by atoms with Gasteiger partial charge in [0, 0.05) is 44.1 Å². The highest BCUT2D eigenvalue weighted by Gasteiger charge is 2.31. The van der Waals surface area contributed by atoms with E-state index in [0.717, 1.165) is 54.9 Å². The van der Waals surface area contributed by atoms with E-state index < -0.39 is 0 Å². The number of amidine groups is 2. The fourth-order valence-electron chi connectivity index (χ4n) is 4.62. The first-order valence-electron chi connectivity index (χ1n) is 11.3. The Bertz CT molecular complexity index is 1110. The number of rotatable bonds is 5. The molecular formula is C26H33Cl2N5O2. The quantitative estimate of drug-likeness (QED) is 0.396. The van der Waals surface area contributed by atoms with E-state index >= 15 is 0 Å². The molecule has 0 aromatic heterocycles. The van der Waals surface area contributed by atoms with Crippen molar-refractivity contribution >= 4 is 54.2 Å². The normalized spacial score (nSPS) is 17.4. The highest BCUT2D eigenvalue weighted by atomic mass is 35.5. The van der Waals surface area contributed by atoms with Gasteiger partial charge in [0.2, 0.25) is 5.91 Å². The van der Waals surface area contributed by atoms with Gasteiger partial charge in [0.1, 0.15) is 17.7 Å². The molecule has 2 aliphatic heterocycles. The van der Waals surface area contributed by atoms with Crippen molar-refractivity contribution in [2.75, 3.05) is 18.0 Å². The second kappa shape index (κ2) is 12.1. The van der Waals surface area contributed by atoms with Gasteiger partial charge in [-0.3, -0.25) is 15.6 Å². The average Bonchev–Trinajstić information content (AvgIpc) is 3.16. The van der Waals surface area contributed by atoms with Crippen molar-refractivity contribution in [2.24, 2.45) is 5.73 Å². The maximum absolute atomic E-state index is 12.5. The number of nitrogens with one attached hydrogen (secondary N) is 2. The van der Waals surface area contributed by atoms with Crippen LogP contribution < -0.4 is 15.4 Å². The zero-order valence-electron chi connectivity index (χ0n) is 20.0. The van der Waals surface area contributed by atoms with Crippen LogP contribution in [0.25, 0.3) is 6.08 Å². The molecule has 9 heteroatoms. The van der Waals surface area contributed by atoms with E-state index in [0.29, 0.717) is 11.4 Å². The molecule has 0 saturated carbocycles. The number of nitrogens with two attached hydrogens (primary N) is 1. The summed E-state index contributed by atoms with van der Waals surface area (Å²) in [6.07, 6.45) is 6.69. The molecule has 1 unspecified atom stereocenters. The molecule has 0 aliphatic carbocycles. The van der Waals surface area contributed by atoms with Gasteiger partial charge in [-0.15, -0.1) is 24.8 Å². The third-order valence-electron chi connectivity index (χ3n) is 6.34. The van der Waals surface area contributed by atoms with Gasteiger partial charge in [-0.2, -0.15) is 0 Å². The highest BCUT2D eigenvalue weighted by molar-refractivity contribution is 5.96. The van der Waals surface area contributed by atoms with Crippen molar-refractivity contribution in [3.05, 3.63) is 65.2 Å². The van der Waals surface area contributed by atoms with Crippen LogP contribution in [0, 0.1) is 10.8 Å². The van der Waals surface area contributed by atoms with E-state index in [1.165, 1.54) is 0 Å². The number of nitrogen functional groups attached to an aromatic ring is 1. The first-order valence-corrected chi connectivity index (χ1v) is 11.3. The summed E-state index contributed by atoms with van der Waals surface area (Å²) in [6.45, 7) is 5.12. The number of anilines is 1. The molecule has 2 aromatic rings. The summed E-state index contributed by atoms with van der Waals surface area (Å²) in [5.74, 6) is 1.49. The second-order valence-electron chi connectivity index (χ2n) is 8.74. The van der Waals surface area contributed by atoms with Crippen LogP contribution in [0.3, 0.4) is 0 Å². The number of benzene rings is 2. The predicted molar refractivity (Wildman–Crippen MR) is 147 cm³/mol. The molecule has 1 amide bonds. The highest BCUT2D eigenvalue weighted by Crippen LogP contribution is 2.36. The maximum Gasteiger partial charge on any atom is 0.224 e. The van der Waals surface area contributed by atoms with E-state index in [4.69, 9.17) is 21.3 Å². The molecule has 1 atom stereocenters. The molecule has 7 nitrogen and oxygen atoms in total. The van der Waals surface area contributed by atoms with Crippen LogP contribution in [0.5, 0.6) is 5.75 Å². The summed E-state index contributed by atoms with van der Waals surface area (Å²) in [5.41, 5.74) is 9.25. The second-order valence-corrected chi connectivity index (χ2v) is 8.74. The summed E-state index contributed by atoms with van der Waals surface area (Å²) in [7, 11) is 0. The van der Waals surface area contributed by atoms with Crippen molar-refractivity contribution < 1.29 is 9.53 Å². The Morgan fingerprint density at radius 2 is 1.80 bits per heavy atom. The summed E-state index contributed by atoms with van der Waals surface area (Å²) in [6, 6.07) is 13.4. The molecule has 4 rings (SSSR count). The summed E-state index contributed by atoms with van der Waals surface area (Å²) in [5, 5.41) is 15.4. The Hall–Kier alpha value is -3.03. The number of carbonyl (C=O) groups is 1. The van der Waals surface area contributed by atoms with Crippen molar-refractivity contribution in [3.63, 3.8) is 0 Å². The monoisotopic (exact) mass is 517 g/mol. The zero-order chi connectivity index (χ0) is 23.5. The van der Waals surface area contributed by atoms with Gasteiger partial charge in [0.25, 0.3) is 0 Å².